The molecule has 0 N–H and O–H groups in total. The van der Waals surface area contributed by atoms with E-state index in [2.05, 4.69) is 29.0 Å². The number of hydrogen-bond donors (Lipinski definition) is 0. The van der Waals surface area contributed by atoms with Crippen molar-refractivity contribution in [2.75, 3.05) is 0 Å². The first-order valence-electron chi connectivity index (χ1n) is 7.75. The molecule has 0 amide bonds. The average Bonchev–Trinajstić information content (AvgIpc) is 2.48. The SMILES string of the molecule is CCCC=CCCCC(=O)CCCCc1ncccn1. The maximum Gasteiger partial charge on any atom is 0.132 e. The van der Waals surface area contributed by atoms with Gasteiger partial charge < -0.3 is 0 Å². The molecule has 0 spiro atoms. The van der Waals surface area contributed by atoms with Gasteiger partial charge in [0.25, 0.3) is 0 Å². The Morgan fingerprint density at radius 2 is 1.75 bits per heavy atom. The van der Waals surface area contributed by atoms with Crippen molar-refractivity contribution in [1.29, 1.82) is 0 Å². The first-order valence-corrected chi connectivity index (χ1v) is 7.75. The van der Waals surface area contributed by atoms with Crippen molar-refractivity contribution >= 4 is 5.78 Å². The van der Waals surface area contributed by atoms with Crippen LogP contribution in [-0.2, 0) is 11.2 Å². The minimum Gasteiger partial charge on any atom is -0.300 e. The second-order valence-corrected chi connectivity index (χ2v) is 5.06. The summed E-state index contributed by atoms with van der Waals surface area (Å²) in [7, 11) is 0. The highest BCUT2D eigenvalue weighted by Crippen LogP contribution is 2.06. The summed E-state index contributed by atoms with van der Waals surface area (Å²) in [5.41, 5.74) is 0. The molecule has 0 saturated heterocycles. The summed E-state index contributed by atoms with van der Waals surface area (Å²) in [4.78, 5) is 20.0. The molecule has 0 saturated carbocycles. The quantitative estimate of drug-likeness (QED) is 0.446. The molecule has 0 radical (unpaired) electrons. The highest BCUT2D eigenvalue weighted by Gasteiger charge is 2.02. The van der Waals surface area contributed by atoms with Gasteiger partial charge in [-0.15, -0.1) is 0 Å². The van der Waals surface area contributed by atoms with Crippen molar-refractivity contribution < 1.29 is 4.79 Å². The van der Waals surface area contributed by atoms with Crippen LogP contribution in [-0.4, -0.2) is 15.8 Å². The maximum atomic E-state index is 11.7. The van der Waals surface area contributed by atoms with E-state index in [0.717, 1.165) is 50.8 Å². The van der Waals surface area contributed by atoms with Crippen LogP contribution >= 0.6 is 0 Å². The molecule has 0 aromatic carbocycles. The van der Waals surface area contributed by atoms with Crippen molar-refractivity contribution in [1.82, 2.24) is 9.97 Å². The molecule has 3 nitrogen and oxygen atoms in total. The first-order chi connectivity index (χ1) is 9.83. The Morgan fingerprint density at radius 1 is 1.05 bits per heavy atom. The Morgan fingerprint density at radius 3 is 2.50 bits per heavy atom. The third kappa shape index (κ3) is 8.57. The Balaban J connectivity index is 1.97. The molecule has 0 atom stereocenters. The fourth-order valence-electron chi connectivity index (χ4n) is 2.01. The van der Waals surface area contributed by atoms with Crippen LogP contribution in [0.15, 0.2) is 30.6 Å². The number of carbonyl (C=O) groups excluding carboxylic acids is 1. The van der Waals surface area contributed by atoms with Gasteiger partial charge in [-0.2, -0.15) is 0 Å². The van der Waals surface area contributed by atoms with Crippen LogP contribution in [0.1, 0.15) is 64.1 Å². The van der Waals surface area contributed by atoms with Gasteiger partial charge in [-0.3, -0.25) is 4.79 Å². The largest absolute Gasteiger partial charge is 0.300 e. The van der Waals surface area contributed by atoms with E-state index in [-0.39, 0.29) is 0 Å². The van der Waals surface area contributed by atoms with Crippen LogP contribution in [0, 0.1) is 0 Å². The minimum absolute atomic E-state index is 0.392. The van der Waals surface area contributed by atoms with Gasteiger partial charge in [-0.05, 0) is 38.2 Å². The van der Waals surface area contributed by atoms with Crippen LogP contribution in [0.25, 0.3) is 0 Å². The molecule has 110 valence electrons. The van der Waals surface area contributed by atoms with E-state index in [1.165, 1.54) is 6.42 Å². The lowest BCUT2D eigenvalue weighted by Crippen LogP contribution is -1.99. The lowest BCUT2D eigenvalue weighted by molar-refractivity contribution is -0.119. The van der Waals surface area contributed by atoms with E-state index >= 15 is 0 Å². The van der Waals surface area contributed by atoms with Gasteiger partial charge in [0, 0.05) is 31.7 Å². The fraction of sp³-hybridized carbons (Fsp3) is 0.588. The molecular weight excluding hydrogens is 248 g/mol. The van der Waals surface area contributed by atoms with Crippen molar-refractivity contribution in [3.8, 4) is 0 Å². The molecule has 0 aliphatic carbocycles. The van der Waals surface area contributed by atoms with Crippen molar-refractivity contribution in [2.45, 2.75) is 64.7 Å². The molecule has 0 bridgehead atoms. The molecule has 3 heteroatoms. The van der Waals surface area contributed by atoms with E-state index in [9.17, 15) is 4.79 Å². The fourth-order valence-corrected chi connectivity index (χ4v) is 2.01. The van der Waals surface area contributed by atoms with E-state index in [1.54, 1.807) is 12.4 Å². The topological polar surface area (TPSA) is 42.9 Å². The zero-order chi connectivity index (χ0) is 14.5. The van der Waals surface area contributed by atoms with Crippen LogP contribution < -0.4 is 0 Å². The number of rotatable bonds is 11. The number of hydrogen-bond acceptors (Lipinski definition) is 3. The summed E-state index contributed by atoms with van der Waals surface area (Å²) in [5.74, 6) is 1.27. The molecule has 20 heavy (non-hydrogen) atoms. The van der Waals surface area contributed by atoms with Gasteiger partial charge in [0.1, 0.15) is 11.6 Å². The Kier molecular flexibility index (Phi) is 9.37. The highest BCUT2D eigenvalue weighted by atomic mass is 16.1. The summed E-state index contributed by atoms with van der Waals surface area (Å²) in [6.45, 7) is 2.17. The highest BCUT2D eigenvalue weighted by molar-refractivity contribution is 5.78. The molecular formula is C17H26N2O. The van der Waals surface area contributed by atoms with E-state index < -0.39 is 0 Å². The van der Waals surface area contributed by atoms with E-state index in [1.807, 2.05) is 6.07 Å². The van der Waals surface area contributed by atoms with Crippen LogP contribution in [0.5, 0.6) is 0 Å². The standard InChI is InChI=1S/C17H26N2O/c1-2-3-4-5-6-7-11-16(20)12-8-9-13-17-18-14-10-15-19-17/h4-5,10,14-15H,2-3,6-9,11-13H2,1H3. The number of ketones is 1. The summed E-state index contributed by atoms with van der Waals surface area (Å²) in [5, 5.41) is 0. The lowest BCUT2D eigenvalue weighted by Gasteiger charge is -2.00. The van der Waals surface area contributed by atoms with Gasteiger partial charge in [-0.1, -0.05) is 25.5 Å². The summed E-state index contributed by atoms with van der Waals surface area (Å²) >= 11 is 0. The van der Waals surface area contributed by atoms with Crippen molar-refractivity contribution in [3.63, 3.8) is 0 Å². The minimum atomic E-state index is 0.392. The second kappa shape index (κ2) is 11.3. The molecule has 0 aliphatic heterocycles. The van der Waals surface area contributed by atoms with Gasteiger partial charge in [0.15, 0.2) is 0 Å². The summed E-state index contributed by atoms with van der Waals surface area (Å²) < 4.78 is 0. The van der Waals surface area contributed by atoms with E-state index in [0.29, 0.717) is 12.2 Å². The number of allylic oxidation sites excluding steroid dienone is 2. The van der Waals surface area contributed by atoms with Gasteiger partial charge in [-0.25, -0.2) is 9.97 Å². The van der Waals surface area contributed by atoms with Gasteiger partial charge in [0.2, 0.25) is 0 Å². The monoisotopic (exact) mass is 274 g/mol. The zero-order valence-corrected chi connectivity index (χ0v) is 12.6. The Hall–Kier alpha value is -1.51. The second-order valence-electron chi connectivity index (χ2n) is 5.06. The lowest BCUT2D eigenvalue weighted by atomic mass is 10.1. The number of unbranched alkanes of at least 4 members (excludes halogenated alkanes) is 3. The van der Waals surface area contributed by atoms with Crippen LogP contribution in [0.2, 0.25) is 0 Å². The smallest absolute Gasteiger partial charge is 0.132 e. The van der Waals surface area contributed by atoms with Crippen molar-refractivity contribution in [3.05, 3.63) is 36.4 Å². The number of aryl methyl sites for hydroxylation is 1. The normalized spacial score (nSPS) is 11.1. The molecule has 1 aromatic heterocycles. The number of carbonyl (C=O) groups is 1. The third-order valence-electron chi connectivity index (χ3n) is 3.17. The summed E-state index contributed by atoms with van der Waals surface area (Å²) in [6, 6.07) is 1.82. The predicted molar refractivity (Wildman–Crippen MR) is 82.5 cm³/mol. The van der Waals surface area contributed by atoms with Crippen LogP contribution in [0.3, 0.4) is 0 Å². The molecule has 1 aromatic rings. The Bertz CT molecular complexity index is 387. The zero-order valence-electron chi connectivity index (χ0n) is 12.6. The first kappa shape index (κ1) is 16.5. The number of aromatic nitrogens is 2. The average molecular weight is 274 g/mol. The number of nitrogens with zero attached hydrogens (tertiary/aromatic N) is 2. The molecule has 1 heterocycles. The van der Waals surface area contributed by atoms with Gasteiger partial charge >= 0.3 is 0 Å². The molecule has 1 rings (SSSR count). The van der Waals surface area contributed by atoms with Crippen LogP contribution in [0.4, 0.5) is 0 Å². The third-order valence-corrected chi connectivity index (χ3v) is 3.17. The Labute approximate surface area is 122 Å². The maximum absolute atomic E-state index is 11.7. The predicted octanol–water partition coefficient (Wildman–Crippen LogP) is 4.29. The van der Waals surface area contributed by atoms with Crippen molar-refractivity contribution in [2.24, 2.45) is 0 Å². The number of Topliss-reactive ketones (excluding diaryl/α,β-unsaturated/α-hetero) is 1. The van der Waals surface area contributed by atoms with Gasteiger partial charge in [0.05, 0.1) is 0 Å². The van der Waals surface area contributed by atoms with E-state index in [4.69, 9.17) is 0 Å². The molecule has 0 unspecified atom stereocenters. The summed E-state index contributed by atoms with van der Waals surface area (Å²) in [6.07, 6.45) is 16.5. The molecule has 0 fully saturated rings. The molecule has 0 aliphatic rings.